The van der Waals surface area contributed by atoms with Gasteiger partial charge in [0.15, 0.2) is 0 Å². The molecule has 16 heavy (non-hydrogen) atoms. The summed E-state index contributed by atoms with van der Waals surface area (Å²) < 4.78 is 2.38. The normalized spacial score (nSPS) is 12.8. The van der Waals surface area contributed by atoms with Gasteiger partial charge in [-0.1, -0.05) is 12.1 Å². The number of hydrogen-bond donors (Lipinski definition) is 1. The third kappa shape index (κ3) is 2.67. The first-order valence-corrected chi connectivity index (χ1v) is 7.53. The molecule has 2 rings (SSSR count). The molecular formula is C12H11BrINS. The molecule has 1 atom stereocenters. The molecule has 1 unspecified atom stereocenters. The predicted octanol–water partition coefficient (Wildman–Crippen LogP) is 4.47. The van der Waals surface area contributed by atoms with Crippen molar-refractivity contribution in [1.29, 1.82) is 0 Å². The van der Waals surface area contributed by atoms with Gasteiger partial charge in [0.25, 0.3) is 0 Å². The molecule has 2 N–H and O–H groups in total. The van der Waals surface area contributed by atoms with Crippen molar-refractivity contribution in [3.63, 3.8) is 0 Å². The van der Waals surface area contributed by atoms with Gasteiger partial charge in [0, 0.05) is 17.8 Å². The fraction of sp³-hybridized carbons (Fsp3) is 0.167. The van der Waals surface area contributed by atoms with Crippen molar-refractivity contribution in [2.45, 2.75) is 13.0 Å². The van der Waals surface area contributed by atoms with Crippen molar-refractivity contribution in [1.82, 2.24) is 0 Å². The summed E-state index contributed by atoms with van der Waals surface area (Å²) in [7, 11) is 0. The van der Waals surface area contributed by atoms with E-state index in [1.54, 1.807) is 11.3 Å². The van der Waals surface area contributed by atoms with Crippen LogP contribution < -0.4 is 5.73 Å². The van der Waals surface area contributed by atoms with Crippen LogP contribution in [0.3, 0.4) is 0 Å². The topological polar surface area (TPSA) is 26.0 Å². The molecule has 0 bridgehead atoms. The van der Waals surface area contributed by atoms with Crippen LogP contribution in [-0.2, 0) is 0 Å². The average molecular weight is 408 g/mol. The Labute approximate surface area is 121 Å². The molecule has 84 valence electrons. The SMILES string of the molecule is Cc1sc(C(N)c2ccc(I)cc2)cc1Br. The van der Waals surface area contributed by atoms with Gasteiger partial charge < -0.3 is 5.73 Å². The molecule has 0 aliphatic rings. The van der Waals surface area contributed by atoms with E-state index in [1.807, 2.05) is 0 Å². The van der Waals surface area contributed by atoms with Crippen molar-refractivity contribution in [3.05, 3.63) is 53.7 Å². The summed E-state index contributed by atoms with van der Waals surface area (Å²) in [4.78, 5) is 2.47. The molecule has 1 nitrogen and oxygen atoms in total. The zero-order valence-electron chi connectivity index (χ0n) is 8.71. The lowest BCUT2D eigenvalue weighted by Gasteiger charge is -2.09. The Balaban J connectivity index is 2.31. The van der Waals surface area contributed by atoms with E-state index in [2.05, 4.69) is 75.8 Å². The summed E-state index contributed by atoms with van der Waals surface area (Å²) in [6, 6.07) is 10.5. The van der Waals surface area contributed by atoms with Crippen LogP contribution in [0.25, 0.3) is 0 Å². The van der Waals surface area contributed by atoms with Gasteiger partial charge in [0.2, 0.25) is 0 Å². The quantitative estimate of drug-likeness (QED) is 0.730. The zero-order chi connectivity index (χ0) is 11.7. The van der Waals surface area contributed by atoms with E-state index in [1.165, 1.54) is 13.3 Å². The van der Waals surface area contributed by atoms with Crippen LogP contribution in [0.5, 0.6) is 0 Å². The van der Waals surface area contributed by atoms with Crippen molar-refractivity contribution < 1.29 is 0 Å². The zero-order valence-corrected chi connectivity index (χ0v) is 13.3. The second-order valence-electron chi connectivity index (χ2n) is 3.58. The first-order valence-electron chi connectivity index (χ1n) is 4.85. The van der Waals surface area contributed by atoms with Crippen LogP contribution in [0.1, 0.15) is 21.4 Å². The smallest absolute Gasteiger partial charge is 0.0646 e. The van der Waals surface area contributed by atoms with E-state index in [-0.39, 0.29) is 6.04 Å². The van der Waals surface area contributed by atoms with Gasteiger partial charge in [-0.2, -0.15) is 0 Å². The lowest BCUT2D eigenvalue weighted by Crippen LogP contribution is -2.09. The molecule has 0 aliphatic carbocycles. The summed E-state index contributed by atoms with van der Waals surface area (Å²) in [6.45, 7) is 2.10. The molecule has 0 saturated heterocycles. The highest BCUT2D eigenvalue weighted by atomic mass is 127. The number of hydrogen-bond acceptors (Lipinski definition) is 2. The Morgan fingerprint density at radius 2 is 1.94 bits per heavy atom. The number of nitrogens with two attached hydrogens (primary N) is 1. The maximum atomic E-state index is 6.24. The highest BCUT2D eigenvalue weighted by molar-refractivity contribution is 14.1. The van der Waals surface area contributed by atoms with E-state index < -0.39 is 0 Å². The van der Waals surface area contributed by atoms with Gasteiger partial charge in [0.05, 0.1) is 6.04 Å². The fourth-order valence-electron chi connectivity index (χ4n) is 1.47. The molecule has 2 aromatic rings. The lowest BCUT2D eigenvalue weighted by atomic mass is 10.1. The molecule has 0 aliphatic heterocycles. The van der Waals surface area contributed by atoms with Gasteiger partial charge in [0.1, 0.15) is 0 Å². The summed E-state index contributed by atoms with van der Waals surface area (Å²) in [5.41, 5.74) is 7.40. The number of benzene rings is 1. The third-order valence-corrected chi connectivity index (χ3v) is 5.35. The van der Waals surface area contributed by atoms with Crippen LogP contribution >= 0.6 is 49.9 Å². The Bertz CT molecular complexity index is 473. The number of halogens is 2. The Morgan fingerprint density at radius 1 is 1.31 bits per heavy atom. The van der Waals surface area contributed by atoms with E-state index in [9.17, 15) is 0 Å². The standard InChI is InChI=1S/C12H11BrINS/c1-7-10(13)6-11(16-7)12(15)8-2-4-9(14)5-3-8/h2-6,12H,15H2,1H3. The van der Waals surface area contributed by atoms with Crippen molar-refractivity contribution >= 4 is 49.9 Å². The first-order chi connectivity index (χ1) is 7.58. The molecule has 4 heteroatoms. The van der Waals surface area contributed by atoms with Crippen LogP contribution in [-0.4, -0.2) is 0 Å². The summed E-state index contributed by atoms with van der Waals surface area (Å²) in [5, 5.41) is 0. The minimum Gasteiger partial charge on any atom is -0.320 e. The molecule has 0 spiro atoms. The van der Waals surface area contributed by atoms with Gasteiger partial charge in [-0.05, 0) is 69.2 Å². The second kappa shape index (κ2) is 5.16. The summed E-state index contributed by atoms with van der Waals surface area (Å²) in [6.07, 6.45) is 0. The molecule has 0 radical (unpaired) electrons. The van der Waals surface area contributed by atoms with Crippen molar-refractivity contribution in [2.24, 2.45) is 5.73 Å². The Kier molecular flexibility index (Phi) is 4.05. The molecule has 0 amide bonds. The van der Waals surface area contributed by atoms with Gasteiger partial charge in [-0.25, -0.2) is 0 Å². The highest BCUT2D eigenvalue weighted by Gasteiger charge is 2.12. The van der Waals surface area contributed by atoms with Gasteiger partial charge in [-0.3, -0.25) is 0 Å². The van der Waals surface area contributed by atoms with E-state index in [0.29, 0.717) is 0 Å². The first kappa shape index (κ1) is 12.5. The van der Waals surface area contributed by atoms with Gasteiger partial charge in [-0.15, -0.1) is 11.3 Å². The molecular weight excluding hydrogens is 397 g/mol. The van der Waals surface area contributed by atoms with E-state index in [4.69, 9.17) is 5.73 Å². The molecule has 1 aromatic heterocycles. The summed E-state index contributed by atoms with van der Waals surface area (Å²) >= 11 is 7.57. The highest BCUT2D eigenvalue weighted by Crippen LogP contribution is 2.32. The van der Waals surface area contributed by atoms with Crippen LogP contribution in [0.2, 0.25) is 0 Å². The Hall–Kier alpha value is 0.0900. The third-order valence-electron chi connectivity index (χ3n) is 2.41. The lowest BCUT2D eigenvalue weighted by molar-refractivity contribution is 0.892. The van der Waals surface area contributed by atoms with Crippen LogP contribution in [0.15, 0.2) is 34.8 Å². The number of thiophene rings is 1. The molecule has 1 heterocycles. The number of rotatable bonds is 2. The molecule has 1 aromatic carbocycles. The van der Waals surface area contributed by atoms with Crippen LogP contribution in [0.4, 0.5) is 0 Å². The predicted molar refractivity (Wildman–Crippen MR) is 81.9 cm³/mol. The van der Waals surface area contributed by atoms with Gasteiger partial charge >= 0.3 is 0 Å². The van der Waals surface area contributed by atoms with E-state index >= 15 is 0 Å². The summed E-state index contributed by atoms with van der Waals surface area (Å²) in [5.74, 6) is 0. The maximum Gasteiger partial charge on any atom is 0.0646 e. The average Bonchev–Trinajstić information content (AvgIpc) is 2.59. The van der Waals surface area contributed by atoms with Crippen LogP contribution in [0, 0.1) is 10.5 Å². The maximum absolute atomic E-state index is 6.24. The fourth-order valence-corrected chi connectivity index (χ4v) is 3.42. The molecule has 0 fully saturated rings. The van der Waals surface area contributed by atoms with E-state index in [0.717, 1.165) is 10.0 Å². The number of aryl methyl sites for hydroxylation is 1. The monoisotopic (exact) mass is 407 g/mol. The minimum atomic E-state index is -0.0213. The second-order valence-corrected chi connectivity index (χ2v) is 6.97. The minimum absolute atomic E-state index is 0.0213. The van der Waals surface area contributed by atoms with Crippen molar-refractivity contribution in [2.75, 3.05) is 0 Å². The molecule has 0 saturated carbocycles. The Morgan fingerprint density at radius 3 is 2.44 bits per heavy atom. The van der Waals surface area contributed by atoms with Crippen molar-refractivity contribution in [3.8, 4) is 0 Å². The largest absolute Gasteiger partial charge is 0.320 e.